The number of benzene rings is 2. The maximum absolute atomic E-state index is 11.9. The van der Waals surface area contributed by atoms with Gasteiger partial charge in [0, 0.05) is 17.0 Å². The van der Waals surface area contributed by atoms with Gasteiger partial charge < -0.3 is 13.6 Å². The minimum absolute atomic E-state index is 0.320. The number of methoxy groups -OCH3 is 1. The lowest BCUT2D eigenvalue weighted by atomic mass is 9.97. The van der Waals surface area contributed by atoms with Gasteiger partial charge in [0.15, 0.2) is 0 Å². The molecule has 0 unspecified atom stereocenters. The summed E-state index contributed by atoms with van der Waals surface area (Å²) in [5.74, 6) is 0.799. The Morgan fingerprint density at radius 1 is 1.12 bits per heavy atom. The Hall–Kier alpha value is -3.01. The van der Waals surface area contributed by atoms with Crippen LogP contribution in [-0.2, 0) is 6.42 Å². The molecule has 0 aliphatic rings. The van der Waals surface area contributed by atoms with Crippen LogP contribution in [0, 0.1) is 6.92 Å². The van der Waals surface area contributed by atoms with E-state index in [-0.39, 0.29) is 5.63 Å². The molecule has 0 fully saturated rings. The molecule has 0 bridgehead atoms. The lowest BCUT2D eigenvalue weighted by molar-refractivity contribution is 0.415. The lowest BCUT2D eigenvalue weighted by Crippen LogP contribution is -2.01. The molecule has 2 aromatic carbocycles. The van der Waals surface area contributed by atoms with E-state index in [1.54, 1.807) is 19.4 Å². The van der Waals surface area contributed by atoms with Crippen molar-refractivity contribution in [3.05, 3.63) is 64.2 Å². The zero-order valence-corrected chi connectivity index (χ0v) is 15.1. The number of fused-ring (bicyclic) bond motifs is 3. The van der Waals surface area contributed by atoms with Crippen molar-refractivity contribution in [3.8, 4) is 16.9 Å². The van der Waals surface area contributed by atoms with E-state index in [2.05, 4.69) is 6.92 Å². The summed E-state index contributed by atoms with van der Waals surface area (Å²) in [5.41, 5.74) is 5.04. The highest BCUT2D eigenvalue weighted by atomic mass is 16.5. The van der Waals surface area contributed by atoms with Gasteiger partial charge >= 0.3 is 5.63 Å². The second-order valence-corrected chi connectivity index (χ2v) is 6.49. The minimum Gasteiger partial charge on any atom is -0.497 e. The van der Waals surface area contributed by atoms with Crippen LogP contribution >= 0.6 is 0 Å². The van der Waals surface area contributed by atoms with Gasteiger partial charge in [-0.05, 0) is 48.2 Å². The first kappa shape index (κ1) is 16.5. The standard InChI is InChI=1S/C22H20O4/c1-4-6-15-11-19(23)26-18-9-13(2)20-17(12-25-22(20)21(15)18)14-7-5-8-16(10-14)24-3/h5,7-12H,4,6H2,1-3H3. The zero-order chi connectivity index (χ0) is 18.3. The number of rotatable bonds is 4. The van der Waals surface area contributed by atoms with E-state index in [0.717, 1.165) is 57.2 Å². The summed E-state index contributed by atoms with van der Waals surface area (Å²) in [4.78, 5) is 11.9. The van der Waals surface area contributed by atoms with Crippen molar-refractivity contribution in [3.63, 3.8) is 0 Å². The molecule has 2 heterocycles. The van der Waals surface area contributed by atoms with Crippen molar-refractivity contribution in [1.82, 2.24) is 0 Å². The molecule has 0 N–H and O–H groups in total. The molecule has 0 saturated heterocycles. The topological polar surface area (TPSA) is 52.6 Å². The van der Waals surface area contributed by atoms with Gasteiger partial charge in [0.05, 0.1) is 18.8 Å². The van der Waals surface area contributed by atoms with Crippen LogP contribution < -0.4 is 10.4 Å². The van der Waals surface area contributed by atoms with E-state index in [1.165, 1.54) is 0 Å². The zero-order valence-electron chi connectivity index (χ0n) is 15.1. The first-order valence-corrected chi connectivity index (χ1v) is 8.74. The number of ether oxygens (including phenoxy) is 1. The van der Waals surface area contributed by atoms with Crippen LogP contribution in [0.15, 0.2) is 56.3 Å². The average molecular weight is 348 g/mol. The van der Waals surface area contributed by atoms with Crippen molar-refractivity contribution in [2.24, 2.45) is 0 Å². The molecule has 4 heteroatoms. The first-order chi connectivity index (χ1) is 12.6. The summed E-state index contributed by atoms with van der Waals surface area (Å²) < 4.78 is 16.8. The Kier molecular flexibility index (Phi) is 4.03. The van der Waals surface area contributed by atoms with Crippen LogP contribution in [-0.4, -0.2) is 7.11 Å². The van der Waals surface area contributed by atoms with E-state index in [0.29, 0.717) is 5.58 Å². The third kappa shape index (κ3) is 2.58. The summed E-state index contributed by atoms with van der Waals surface area (Å²) in [7, 11) is 1.66. The fourth-order valence-electron chi connectivity index (χ4n) is 3.59. The van der Waals surface area contributed by atoms with Crippen LogP contribution in [0.5, 0.6) is 5.75 Å². The van der Waals surface area contributed by atoms with E-state index in [1.807, 2.05) is 37.3 Å². The van der Waals surface area contributed by atoms with Gasteiger partial charge in [-0.1, -0.05) is 25.5 Å². The highest BCUT2D eigenvalue weighted by Crippen LogP contribution is 2.39. The quantitative estimate of drug-likeness (QED) is 0.459. The third-order valence-electron chi connectivity index (χ3n) is 4.73. The molecule has 0 aliphatic carbocycles. The minimum atomic E-state index is -0.320. The van der Waals surface area contributed by atoms with Crippen LogP contribution in [0.25, 0.3) is 33.1 Å². The molecule has 132 valence electrons. The number of aryl methyl sites for hydroxylation is 2. The molecule has 26 heavy (non-hydrogen) atoms. The van der Waals surface area contributed by atoms with Crippen LogP contribution in [0.3, 0.4) is 0 Å². The Bertz CT molecular complexity index is 1160. The summed E-state index contributed by atoms with van der Waals surface area (Å²) in [6.07, 6.45) is 3.51. The van der Waals surface area contributed by atoms with Crippen LogP contribution in [0.4, 0.5) is 0 Å². The van der Waals surface area contributed by atoms with Crippen molar-refractivity contribution >= 4 is 21.9 Å². The Morgan fingerprint density at radius 3 is 2.73 bits per heavy atom. The predicted octanol–water partition coefficient (Wildman–Crippen LogP) is 5.48. The van der Waals surface area contributed by atoms with E-state index in [9.17, 15) is 4.79 Å². The van der Waals surface area contributed by atoms with Gasteiger partial charge in [-0.3, -0.25) is 0 Å². The summed E-state index contributed by atoms with van der Waals surface area (Å²) >= 11 is 0. The van der Waals surface area contributed by atoms with Gasteiger partial charge in [0.25, 0.3) is 0 Å². The first-order valence-electron chi connectivity index (χ1n) is 8.74. The predicted molar refractivity (Wildman–Crippen MR) is 103 cm³/mol. The maximum Gasteiger partial charge on any atom is 0.336 e. The molecule has 0 atom stereocenters. The van der Waals surface area contributed by atoms with E-state index in [4.69, 9.17) is 13.6 Å². The van der Waals surface area contributed by atoms with Gasteiger partial charge in [0.2, 0.25) is 0 Å². The van der Waals surface area contributed by atoms with Crippen molar-refractivity contribution in [1.29, 1.82) is 0 Å². The largest absolute Gasteiger partial charge is 0.497 e. The second kappa shape index (κ2) is 6.37. The lowest BCUT2D eigenvalue weighted by Gasteiger charge is -2.08. The fraction of sp³-hybridized carbons (Fsp3) is 0.227. The number of hydrogen-bond donors (Lipinski definition) is 0. The maximum atomic E-state index is 11.9. The van der Waals surface area contributed by atoms with Crippen LogP contribution in [0.2, 0.25) is 0 Å². The molecule has 0 radical (unpaired) electrons. The highest BCUT2D eigenvalue weighted by molar-refractivity contribution is 6.10. The summed E-state index contributed by atoms with van der Waals surface area (Å²) in [6, 6.07) is 11.4. The highest BCUT2D eigenvalue weighted by Gasteiger charge is 2.18. The molecule has 0 saturated carbocycles. The SMILES string of the molecule is CCCc1cc(=O)oc2cc(C)c3c(-c4cccc(OC)c4)coc3c12. The summed E-state index contributed by atoms with van der Waals surface area (Å²) in [6.45, 7) is 4.10. The Morgan fingerprint density at radius 2 is 1.96 bits per heavy atom. The fourth-order valence-corrected chi connectivity index (χ4v) is 3.59. The Labute approximate surface area is 151 Å². The summed E-state index contributed by atoms with van der Waals surface area (Å²) in [5, 5.41) is 1.93. The van der Waals surface area contributed by atoms with E-state index >= 15 is 0 Å². The van der Waals surface area contributed by atoms with Crippen molar-refractivity contribution in [2.75, 3.05) is 7.11 Å². The molecular formula is C22H20O4. The monoisotopic (exact) mass is 348 g/mol. The molecule has 4 nitrogen and oxygen atoms in total. The van der Waals surface area contributed by atoms with Gasteiger partial charge in [-0.2, -0.15) is 0 Å². The van der Waals surface area contributed by atoms with Crippen molar-refractivity contribution in [2.45, 2.75) is 26.7 Å². The Balaban J connectivity index is 2.07. The van der Waals surface area contributed by atoms with Crippen molar-refractivity contribution < 1.29 is 13.6 Å². The molecule has 4 aromatic rings. The van der Waals surface area contributed by atoms with Crippen LogP contribution in [0.1, 0.15) is 24.5 Å². The molecule has 4 rings (SSSR count). The second-order valence-electron chi connectivity index (χ2n) is 6.49. The number of furan rings is 1. The third-order valence-corrected chi connectivity index (χ3v) is 4.73. The average Bonchev–Trinajstić information content (AvgIpc) is 3.07. The van der Waals surface area contributed by atoms with Gasteiger partial charge in [-0.25, -0.2) is 4.79 Å². The van der Waals surface area contributed by atoms with Gasteiger partial charge in [0.1, 0.15) is 16.9 Å². The molecular weight excluding hydrogens is 328 g/mol. The molecule has 0 aliphatic heterocycles. The van der Waals surface area contributed by atoms with E-state index < -0.39 is 0 Å². The molecule has 0 amide bonds. The molecule has 2 aromatic heterocycles. The van der Waals surface area contributed by atoms with Gasteiger partial charge in [-0.15, -0.1) is 0 Å². The molecule has 0 spiro atoms. The number of hydrogen-bond acceptors (Lipinski definition) is 4. The smallest absolute Gasteiger partial charge is 0.336 e. The normalized spacial score (nSPS) is 11.3.